The number of carbonyl (C=O) groups excluding carboxylic acids is 1. The SMILES string of the molecule is CC=C(OCC)C(=O)NCc1cn2ccnc2c(-c2ccc(C(F)(F)F)cc2)n1. The number of amides is 1. The highest BCUT2D eigenvalue weighted by molar-refractivity contribution is 5.91. The van der Waals surface area contributed by atoms with Crippen LogP contribution in [0.15, 0.2) is 54.7 Å². The molecular formula is C20H19F3N4O2. The summed E-state index contributed by atoms with van der Waals surface area (Å²) in [6.45, 7) is 3.96. The third-order valence-corrected chi connectivity index (χ3v) is 4.13. The largest absolute Gasteiger partial charge is 0.488 e. The minimum Gasteiger partial charge on any atom is -0.488 e. The molecule has 3 aromatic rings. The van der Waals surface area contributed by atoms with Crippen molar-refractivity contribution in [1.29, 1.82) is 0 Å². The Morgan fingerprint density at radius 2 is 2.00 bits per heavy atom. The first-order valence-electron chi connectivity index (χ1n) is 8.91. The van der Waals surface area contributed by atoms with Gasteiger partial charge in [-0.25, -0.2) is 9.97 Å². The summed E-state index contributed by atoms with van der Waals surface area (Å²) in [6, 6.07) is 4.72. The van der Waals surface area contributed by atoms with Gasteiger partial charge < -0.3 is 14.5 Å². The number of fused-ring (bicyclic) bond motifs is 1. The van der Waals surface area contributed by atoms with Gasteiger partial charge in [-0.1, -0.05) is 12.1 Å². The molecule has 2 heterocycles. The Bertz CT molecular complexity index is 1040. The van der Waals surface area contributed by atoms with E-state index in [1.807, 2.05) is 0 Å². The van der Waals surface area contributed by atoms with Crippen molar-refractivity contribution >= 4 is 11.6 Å². The van der Waals surface area contributed by atoms with Crippen molar-refractivity contribution in [2.45, 2.75) is 26.6 Å². The van der Waals surface area contributed by atoms with E-state index in [0.717, 1.165) is 12.1 Å². The Kier molecular flexibility index (Phi) is 5.86. The predicted molar refractivity (Wildman–Crippen MR) is 101 cm³/mol. The smallest absolute Gasteiger partial charge is 0.416 e. The summed E-state index contributed by atoms with van der Waals surface area (Å²) >= 11 is 0. The molecule has 9 heteroatoms. The van der Waals surface area contributed by atoms with Crippen molar-refractivity contribution in [3.8, 4) is 11.3 Å². The molecule has 1 aromatic carbocycles. The fourth-order valence-electron chi connectivity index (χ4n) is 2.77. The number of alkyl halides is 3. The minimum atomic E-state index is -4.41. The first kappa shape index (κ1) is 20.4. The van der Waals surface area contributed by atoms with Crippen molar-refractivity contribution in [3.05, 3.63) is 65.9 Å². The molecule has 0 bridgehead atoms. The summed E-state index contributed by atoms with van der Waals surface area (Å²) in [6.07, 6.45) is 2.13. The normalized spacial score (nSPS) is 12.2. The molecule has 1 N–H and O–H groups in total. The van der Waals surface area contributed by atoms with E-state index in [4.69, 9.17) is 4.74 Å². The standard InChI is InChI=1S/C20H19F3N4O2/c1-3-16(29-4-2)19(28)25-11-15-12-27-10-9-24-18(27)17(26-15)13-5-7-14(8-6-13)20(21,22)23/h3,5-10,12H,4,11H2,1-2H3,(H,25,28). The zero-order valence-corrected chi connectivity index (χ0v) is 15.8. The number of imidazole rings is 1. The number of aromatic nitrogens is 3. The molecule has 0 saturated carbocycles. The molecule has 3 rings (SSSR count). The molecule has 0 atom stereocenters. The molecule has 6 nitrogen and oxygen atoms in total. The number of carbonyl (C=O) groups is 1. The van der Waals surface area contributed by atoms with Crippen molar-refractivity contribution in [2.75, 3.05) is 6.61 Å². The van der Waals surface area contributed by atoms with Crippen LogP contribution in [0.4, 0.5) is 13.2 Å². The van der Waals surface area contributed by atoms with Gasteiger partial charge in [0, 0.05) is 24.2 Å². The molecule has 0 aliphatic rings. The Morgan fingerprint density at radius 1 is 1.28 bits per heavy atom. The van der Waals surface area contributed by atoms with E-state index >= 15 is 0 Å². The minimum absolute atomic E-state index is 0.116. The molecule has 152 valence electrons. The van der Waals surface area contributed by atoms with Crippen LogP contribution in [-0.4, -0.2) is 26.9 Å². The third kappa shape index (κ3) is 4.56. The van der Waals surface area contributed by atoms with Crippen LogP contribution < -0.4 is 5.32 Å². The fraction of sp³-hybridized carbons (Fsp3) is 0.250. The van der Waals surface area contributed by atoms with E-state index in [9.17, 15) is 18.0 Å². The molecule has 29 heavy (non-hydrogen) atoms. The molecule has 0 saturated heterocycles. The molecule has 1 amide bonds. The summed E-state index contributed by atoms with van der Waals surface area (Å²) in [5.41, 5.74) is 1.20. The molecule has 0 aliphatic heterocycles. The molecule has 0 radical (unpaired) electrons. The topological polar surface area (TPSA) is 68.5 Å². The first-order chi connectivity index (χ1) is 13.8. The van der Waals surface area contributed by atoms with Gasteiger partial charge in [0.25, 0.3) is 5.91 Å². The number of hydrogen-bond donors (Lipinski definition) is 1. The number of nitrogens with zero attached hydrogens (tertiary/aromatic N) is 3. The highest BCUT2D eigenvalue weighted by atomic mass is 19.4. The lowest BCUT2D eigenvalue weighted by atomic mass is 10.1. The number of ether oxygens (including phenoxy) is 1. The van der Waals surface area contributed by atoms with Gasteiger partial charge in [-0.2, -0.15) is 13.2 Å². The van der Waals surface area contributed by atoms with Crippen LogP contribution >= 0.6 is 0 Å². The Hall–Kier alpha value is -3.36. The van der Waals surface area contributed by atoms with Gasteiger partial charge in [0.15, 0.2) is 11.4 Å². The van der Waals surface area contributed by atoms with E-state index in [1.54, 1.807) is 42.9 Å². The van der Waals surface area contributed by atoms with Crippen molar-refractivity contribution in [2.24, 2.45) is 0 Å². The number of allylic oxidation sites excluding steroid dienone is 1. The van der Waals surface area contributed by atoms with Gasteiger partial charge in [0.1, 0.15) is 5.69 Å². The Labute approximate surface area is 165 Å². The van der Waals surface area contributed by atoms with Crippen molar-refractivity contribution in [1.82, 2.24) is 19.7 Å². The maximum absolute atomic E-state index is 12.8. The lowest BCUT2D eigenvalue weighted by Crippen LogP contribution is -2.26. The summed E-state index contributed by atoms with van der Waals surface area (Å²) in [7, 11) is 0. The molecule has 0 spiro atoms. The van der Waals surface area contributed by atoms with Crippen LogP contribution in [0.25, 0.3) is 16.9 Å². The monoisotopic (exact) mass is 404 g/mol. The van der Waals surface area contributed by atoms with E-state index in [-0.39, 0.29) is 18.2 Å². The zero-order valence-electron chi connectivity index (χ0n) is 15.8. The third-order valence-electron chi connectivity index (χ3n) is 4.13. The van der Waals surface area contributed by atoms with Crippen LogP contribution in [0, 0.1) is 0 Å². The quantitative estimate of drug-likeness (QED) is 0.499. The maximum atomic E-state index is 12.8. The summed E-state index contributed by atoms with van der Waals surface area (Å²) < 4.78 is 45.4. The highest BCUT2D eigenvalue weighted by Gasteiger charge is 2.30. The average Bonchev–Trinajstić information content (AvgIpc) is 3.17. The summed E-state index contributed by atoms with van der Waals surface area (Å²) in [5.74, 6) is -0.169. The van der Waals surface area contributed by atoms with Crippen LogP contribution in [-0.2, 0) is 22.3 Å². The fourth-order valence-corrected chi connectivity index (χ4v) is 2.77. The van der Waals surface area contributed by atoms with Crippen LogP contribution in [0.3, 0.4) is 0 Å². The van der Waals surface area contributed by atoms with Gasteiger partial charge >= 0.3 is 6.18 Å². The summed E-state index contributed by atoms with van der Waals surface area (Å²) in [4.78, 5) is 20.9. The second-order valence-electron chi connectivity index (χ2n) is 6.08. The van der Waals surface area contributed by atoms with Gasteiger partial charge in [-0.05, 0) is 32.1 Å². The number of hydrogen-bond acceptors (Lipinski definition) is 4. The van der Waals surface area contributed by atoms with Crippen LogP contribution in [0.5, 0.6) is 0 Å². The van der Waals surface area contributed by atoms with Gasteiger partial charge in [0.2, 0.25) is 0 Å². The molecule has 0 aliphatic carbocycles. The number of rotatable bonds is 6. The highest BCUT2D eigenvalue weighted by Crippen LogP contribution is 2.31. The lowest BCUT2D eigenvalue weighted by Gasteiger charge is -2.11. The predicted octanol–water partition coefficient (Wildman–Crippen LogP) is 3.97. The van der Waals surface area contributed by atoms with Gasteiger partial charge in [0.05, 0.1) is 24.4 Å². The van der Waals surface area contributed by atoms with Crippen molar-refractivity contribution in [3.63, 3.8) is 0 Å². The second kappa shape index (κ2) is 8.34. The number of benzene rings is 1. The number of nitrogens with one attached hydrogen (secondary N) is 1. The molecule has 2 aromatic heterocycles. The van der Waals surface area contributed by atoms with E-state index in [0.29, 0.717) is 29.2 Å². The van der Waals surface area contributed by atoms with Crippen LogP contribution in [0.2, 0.25) is 0 Å². The van der Waals surface area contributed by atoms with E-state index in [2.05, 4.69) is 15.3 Å². The van der Waals surface area contributed by atoms with Gasteiger partial charge in [-0.15, -0.1) is 0 Å². The first-order valence-corrected chi connectivity index (χ1v) is 8.91. The average molecular weight is 404 g/mol. The molecular weight excluding hydrogens is 385 g/mol. The van der Waals surface area contributed by atoms with Crippen LogP contribution in [0.1, 0.15) is 25.1 Å². The Balaban J connectivity index is 1.89. The maximum Gasteiger partial charge on any atom is 0.416 e. The van der Waals surface area contributed by atoms with E-state index in [1.165, 1.54) is 12.1 Å². The number of halogens is 3. The summed E-state index contributed by atoms with van der Waals surface area (Å²) in [5, 5.41) is 2.72. The van der Waals surface area contributed by atoms with Gasteiger partial charge in [-0.3, -0.25) is 4.79 Å². The molecule has 0 unspecified atom stereocenters. The molecule has 0 fully saturated rings. The lowest BCUT2D eigenvalue weighted by molar-refractivity contribution is -0.137. The van der Waals surface area contributed by atoms with Crippen molar-refractivity contribution < 1.29 is 22.7 Å². The Morgan fingerprint density at radius 3 is 2.62 bits per heavy atom. The van der Waals surface area contributed by atoms with E-state index < -0.39 is 11.7 Å². The zero-order chi connectivity index (χ0) is 21.0. The second-order valence-corrected chi connectivity index (χ2v) is 6.08.